The van der Waals surface area contributed by atoms with E-state index in [9.17, 15) is 5.11 Å². The third kappa shape index (κ3) is 5.62. The molecule has 1 atom stereocenters. The van der Waals surface area contributed by atoms with Crippen LogP contribution in [0.25, 0.3) is 0 Å². The van der Waals surface area contributed by atoms with Gasteiger partial charge >= 0.3 is 0 Å². The van der Waals surface area contributed by atoms with Crippen molar-refractivity contribution in [2.45, 2.75) is 32.9 Å². The summed E-state index contributed by atoms with van der Waals surface area (Å²) >= 11 is 1.73. The van der Waals surface area contributed by atoms with Crippen molar-refractivity contribution in [3.05, 3.63) is 58.3 Å². The van der Waals surface area contributed by atoms with Gasteiger partial charge in [0.05, 0.1) is 6.10 Å². The Balaban J connectivity index is 1.97. The predicted molar refractivity (Wildman–Crippen MR) is 90.5 cm³/mol. The molecule has 0 aliphatic rings. The zero-order chi connectivity index (χ0) is 15.1. The van der Waals surface area contributed by atoms with Gasteiger partial charge < -0.3 is 5.11 Å². The Morgan fingerprint density at radius 2 is 1.90 bits per heavy atom. The zero-order valence-corrected chi connectivity index (χ0v) is 13.7. The molecule has 0 saturated carbocycles. The first-order valence-electron chi connectivity index (χ1n) is 7.61. The molecule has 2 nitrogen and oxygen atoms in total. The number of thiophene rings is 1. The fourth-order valence-electron chi connectivity index (χ4n) is 2.34. The molecule has 3 heteroatoms. The standard InChI is InChI=1S/C18H25NOS/c1-15(2)8-10-19(12-16-9-11-21-14-16)13-18(20)17-6-4-3-5-7-17/h3-7,9,11,14-15,18,20H,8,10,12-13H2,1-2H3. The van der Waals surface area contributed by atoms with Gasteiger partial charge in [0.2, 0.25) is 0 Å². The van der Waals surface area contributed by atoms with E-state index in [4.69, 9.17) is 0 Å². The van der Waals surface area contributed by atoms with Crippen LogP contribution in [0.2, 0.25) is 0 Å². The van der Waals surface area contributed by atoms with E-state index in [-0.39, 0.29) is 0 Å². The Morgan fingerprint density at radius 3 is 2.52 bits per heavy atom. The number of hydrogen-bond donors (Lipinski definition) is 1. The summed E-state index contributed by atoms with van der Waals surface area (Å²) in [6, 6.07) is 12.1. The number of nitrogens with zero attached hydrogens (tertiary/aromatic N) is 1. The van der Waals surface area contributed by atoms with E-state index in [2.05, 4.69) is 35.6 Å². The maximum Gasteiger partial charge on any atom is 0.0917 e. The molecule has 0 bridgehead atoms. The lowest BCUT2D eigenvalue weighted by Crippen LogP contribution is -2.30. The number of aliphatic hydroxyl groups is 1. The average molecular weight is 303 g/mol. The quantitative estimate of drug-likeness (QED) is 0.784. The van der Waals surface area contributed by atoms with Crippen LogP contribution in [0.1, 0.15) is 37.5 Å². The molecule has 0 radical (unpaired) electrons. The van der Waals surface area contributed by atoms with Crippen LogP contribution in [-0.2, 0) is 6.54 Å². The largest absolute Gasteiger partial charge is 0.387 e. The first-order valence-corrected chi connectivity index (χ1v) is 8.56. The summed E-state index contributed by atoms with van der Waals surface area (Å²) in [5, 5.41) is 14.8. The first-order chi connectivity index (χ1) is 10.1. The Bertz CT molecular complexity index is 495. The molecule has 1 unspecified atom stereocenters. The summed E-state index contributed by atoms with van der Waals surface area (Å²) in [6.45, 7) is 7.12. The fraction of sp³-hybridized carbons (Fsp3) is 0.444. The lowest BCUT2D eigenvalue weighted by atomic mass is 10.1. The van der Waals surface area contributed by atoms with Crippen molar-refractivity contribution in [1.29, 1.82) is 0 Å². The van der Waals surface area contributed by atoms with E-state index in [1.165, 1.54) is 5.56 Å². The molecule has 1 aromatic carbocycles. The monoisotopic (exact) mass is 303 g/mol. The van der Waals surface area contributed by atoms with Crippen molar-refractivity contribution in [1.82, 2.24) is 4.90 Å². The summed E-state index contributed by atoms with van der Waals surface area (Å²) in [4.78, 5) is 2.36. The predicted octanol–water partition coefficient (Wildman–Crippen LogP) is 4.33. The van der Waals surface area contributed by atoms with Crippen LogP contribution < -0.4 is 0 Å². The lowest BCUT2D eigenvalue weighted by Gasteiger charge is -2.25. The topological polar surface area (TPSA) is 23.5 Å². The molecule has 1 heterocycles. The van der Waals surface area contributed by atoms with Crippen molar-refractivity contribution < 1.29 is 5.11 Å². The Kier molecular flexibility index (Phi) is 6.43. The average Bonchev–Trinajstić information content (AvgIpc) is 2.98. The molecule has 2 rings (SSSR count). The van der Waals surface area contributed by atoms with Crippen molar-refractivity contribution in [3.63, 3.8) is 0 Å². The molecule has 21 heavy (non-hydrogen) atoms. The van der Waals surface area contributed by atoms with Gasteiger partial charge in [0.1, 0.15) is 0 Å². The van der Waals surface area contributed by atoms with Crippen LogP contribution in [0.3, 0.4) is 0 Å². The van der Waals surface area contributed by atoms with Gasteiger partial charge in [0.15, 0.2) is 0 Å². The summed E-state index contributed by atoms with van der Waals surface area (Å²) < 4.78 is 0. The van der Waals surface area contributed by atoms with Gasteiger partial charge in [-0.2, -0.15) is 11.3 Å². The molecule has 0 aliphatic heterocycles. The van der Waals surface area contributed by atoms with Gasteiger partial charge in [-0.3, -0.25) is 4.90 Å². The van der Waals surface area contributed by atoms with Crippen molar-refractivity contribution in [2.75, 3.05) is 13.1 Å². The number of aliphatic hydroxyl groups excluding tert-OH is 1. The van der Waals surface area contributed by atoms with Crippen molar-refractivity contribution in [3.8, 4) is 0 Å². The summed E-state index contributed by atoms with van der Waals surface area (Å²) in [6.07, 6.45) is 0.739. The minimum atomic E-state index is -0.419. The lowest BCUT2D eigenvalue weighted by molar-refractivity contribution is 0.106. The second kappa shape index (κ2) is 8.32. The van der Waals surface area contributed by atoms with E-state index >= 15 is 0 Å². The van der Waals surface area contributed by atoms with Gasteiger partial charge in [-0.05, 0) is 46.8 Å². The van der Waals surface area contributed by atoms with Crippen LogP contribution in [-0.4, -0.2) is 23.1 Å². The fourth-order valence-corrected chi connectivity index (χ4v) is 3.00. The smallest absolute Gasteiger partial charge is 0.0917 e. The Morgan fingerprint density at radius 1 is 1.14 bits per heavy atom. The summed E-state index contributed by atoms with van der Waals surface area (Å²) in [5.74, 6) is 0.684. The van der Waals surface area contributed by atoms with E-state index in [0.29, 0.717) is 12.5 Å². The van der Waals surface area contributed by atoms with E-state index < -0.39 is 6.10 Å². The van der Waals surface area contributed by atoms with Gasteiger partial charge in [-0.15, -0.1) is 0 Å². The van der Waals surface area contributed by atoms with Gasteiger partial charge in [-0.25, -0.2) is 0 Å². The van der Waals surface area contributed by atoms with Gasteiger partial charge in [-0.1, -0.05) is 44.2 Å². The minimum absolute atomic E-state index is 0.419. The second-order valence-electron chi connectivity index (χ2n) is 5.98. The SMILES string of the molecule is CC(C)CCN(Cc1ccsc1)CC(O)c1ccccc1. The van der Waals surface area contributed by atoms with Crippen LogP contribution >= 0.6 is 11.3 Å². The van der Waals surface area contributed by atoms with Crippen LogP contribution in [0.4, 0.5) is 0 Å². The highest BCUT2D eigenvalue weighted by molar-refractivity contribution is 7.07. The molecule has 0 fully saturated rings. The van der Waals surface area contributed by atoms with Crippen LogP contribution in [0, 0.1) is 5.92 Å². The summed E-state index contributed by atoms with van der Waals surface area (Å²) in [5.41, 5.74) is 2.33. The molecule has 0 saturated heterocycles. The molecule has 0 amide bonds. The van der Waals surface area contributed by atoms with Crippen LogP contribution in [0.15, 0.2) is 47.2 Å². The van der Waals surface area contributed by atoms with Gasteiger partial charge in [0, 0.05) is 13.1 Å². The maximum absolute atomic E-state index is 10.4. The molecule has 1 aromatic heterocycles. The molecule has 114 valence electrons. The summed E-state index contributed by atoms with van der Waals surface area (Å²) in [7, 11) is 0. The Hall–Kier alpha value is -1.16. The highest BCUT2D eigenvalue weighted by Gasteiger charge is 2.14. The third-order valence-electron chi connectivity index (χ3n) is 3.62. The normalized spacial score (nSPS) is 13.0. The molecular formula is C18H25NOS. The Labute approximate surface area is 132 Å². The number of benzene rings is 1. The number of hydrogen-bond acceptors (Lipinski definition) is 3. The highest BCUT2D eigenvalue weighted by atomic mass is 32.1. The maximum atomic E-state index is 10.4. The van der Waals surface area contributed by atoms with Gasteiger partial charge in [0.25, 0.3) is 0 Å². The van der Waals surface area contributed by atoms with E-state index in [0.717, 1.165) is 25.1 Å². The molecule has 2 aromatic rings. The van der Waals surface area contributed by atoms with Crippen LogP contribution in [0.5, 0.6) is 0 Å². The highest BCUT2D eigenvalue weighted by Crippen LogP contribution is 2.17. The molecule has 0 spiro atoms. The minimum Gasteiger partial charge on any atom is -0.387 e. The molecule has 1 N–H and O–H groups in total. The second-order valence-corrected chi connectivity index (χ2v) is 6.76. The van der Waals surface area contributed by atoms with E-state index in [1.54, 1.807) is 11.3 Å². The third-order valence-corrected chi connectivity index (χ3v) is 4.36. The van der Waals surface area contributed by atoms with Crippen molar-refractivity contribution in [2.24, 2.45) is 5.92 Å². The van der Waals surface area contributed by atoms with E-state index in [1.807, 2.05) is 30.3 Å². The zero-order valence-electron chi connectivity index (χ0n) is 12.9. The number of rotatable bonds is 8. The molecular weight excluding hydrogens is 278 g/mol. The van der Waals surface area contributed by atoms with Crippen molar-refractivity contribution >= 4 is 11.3 Å². The first kappa shape index (κ1) is 16.2. The molecule has 0 aliphatic carbocycles.